The molecule has 52 valence electrons. The van der Waals surface area contributed by atoms with Crippen molar-refractivity contribution in [3.05, 3.63) is 0 Å². The maximum absolute atomic E-state index is 10.6. The predicted molar refractivity (Wildman–Crippen MR) is 35.1 cm³/mol. The van der Waals surface area contributed by atoms with Gasteiger partial charge in [-0.3, -0.25) is 4.99 Å². The Kier molecular flexibility index (Phi) is 1.44. The molecule has 1 N–H and O–H groups in total. The van der Waals surface area contributed by atoms with Crippen LogP contribution in [0.25, 0.3) is 0 Å². The van der Waals surface area contributed by atoms with E-state index in [1.54, 1.807) is 0 Å². The maximum Gasteiger partial charge on any atom is 0.216 e. The number of amidine groups is 1. The molecule has 0 aromatic carbocycles. The molecule has 0 atom stereocenters. The lowest BCUT2D eigenvalue weighted by Gasteiger charge is -1.94. The molecule has 0 aromatic rings. The van der Waals surface area contributed by atoms with Crippen LogP contribution < -0.4 is 5.32 Å². The highest BCUT2D eigenvalue weighted by atomic mass is 32.2. The van der Waals surface area contributed by atoms with E-state index in [0.717, 1.165) is 6.26 Å². The lowest BCUT2D eigenvalue weighted by Crippen LogP contribution is -2.26. The van der Waals surface area contributed by atoms with E-state index in [1.807, 2.05) is 0 Å². The summed E-state index contributed by atoms with van der Waals surface area (Å²) in [6.45, 7) is 1.21. The number of sulfone groups is 1. The van der Waals surface area contributed by atoms with Crippen LogP contribution in [0.1, 0.15) is 0 Å². The van der Waals surface area contributed by atoms with E-state index < -0.39 is 9.84 Å². The van der Waals surface area contributed by atoms with E-state index in [-0.39, 0.29) is 5.17 Å². The van der Waals surface area contributed by atoms with Gasteiger partial charge in [0.1, 0.15) is 0 Å². The zero-order valence-electron chi connectivity index (χ0n) is 5.09. The normalized spacial score (nSPS) is 19.0. The van der Waals surface area contributed by atoms with Crippen molar-refractivity contribution < 1.29 is 8.42 Å². The van der Waals surface area contributed by atoms with Crippen molar-refractivity contribution in [1.29, 1.82) is 0 Å². The topological polar surface area (TPSA) is 58.5 Å². The fourth-order valence-electron chi connectivity index (χ4n) is 0.625. The van der Waals surface area contributed by atoms with E-state index in [0.29, 0.717) is 13.1 Å². The molecular formula is C4H8N2O2S. The van der Waals surface area contributed by atoms with E-state index in [9.17, 15) is 8.42 Å². The first kappa shape index (κ1) is 6.54. The summed E-state index contributed by atoms with van der Waals surface area (Å²) in [7, 11) is -3.06. The van der Waals surface area contributed by atoms with Gasteiger partial charge in [-0.25, -0.2) is 8.42 Å². The number of nitrogens with one attached hydrogen (secondary N) is 1. The van der Waals surface area contributed by atoms with Gasteiger partial charge in [-0.1, -0.05) is 0 Å². The molecule has 1 aliphatic rings. The first-order valence-electron chi connectivity index (χ1n) is 2.59. The van der Waals surface area contributed by atoms with Gasteiger partial charge in [0.25, 0.3) is 0 Å². The van der Waals surface area contributed by atoms with Crippen molar-refractivity contribution in [2.75, 3.05) is 19.3 Å². The summed E-state index contributed by atoms with van der Waals surface area (Å²) in [4.78, 5) is 3.72. The van der Waals surface area contributed by atoms with Crippen molar-refractivity contribution in [3.63, 3.8) is 0 Å². The van der Waals surface area contributed by atoms with Crippen molar-refractivity contribution in [2.24, 2.45) is 4.99 Å². The molecule has 9 heavy (non-hydrogen) atoms. The molecule has 0 fully saturated rings. The summed E-state index contributed by atoms with van der Waals surface area (Å²) < 4.78 is 21.3. The second-order valence-electron chi connectivity index (χ2n) is 1.89. The van der Waals surface area contributed by atoms with Crippen LogP contribution in [-0.4, -0.2) is 32.9 Å². The monoisotopic (exact) mass is 148 g/mol. The Morgan fingerprint density at radius 1 is 1.67 bits per heavy atom. The van der Waals surface area contributed by atoms with Gasteiger partial charge < -0.3 is 5.32 Å². The zero-order chi connectivity index (χ0) is 6.91. The molecule has 0 spiro atoms. The standard InChI is InChI=1S/C4H8N2O2S/c1-9(7,8)4-5-2-3-6-4/h2-3H2,1H3,(H,5,6). The van der Waals surface area contributed by atoms with Crippen molar-refractivity contribution in [1.82, 2.24) is 5.32 Å². The molecule has 0 radical (unpaired) electrons. The number of nitrogens with zero attached hydrogens (tertiary/aromatic N) is 1. The highest BCUT2D eigenvalue weighted by Crippen LogP contribution is 1.91. The molecule has 0 amide bonds. The van der Waals surface area contributed by atoms with Gasteiger partial charge in [0.2, 0.25) is 15.0 Å². The Morgan fingerprint density at radius 2 is 2.33 bits per heavy atom. The number of hydrogen-bond donors (Lipinski definition) is 1. The molecule has 0 aliphatic carbocycles. The van der Waals surface area contributed by atoms with Gasteiger partial charge >= 0.3 is 0 Å². The van der Waals surface area contributed by atoms with Crippen LogP contribution in [0, 0.1) is 0 Å². The quantitative estimate of drug-likeness (QED) is 0.479. The van der Waals surface area contributed by atoms with Crippen LogP contribution in [0.15, 0.2) is 4.99 Å². The number of hydrogen-bond acceptors (Lipinski definition) is 4. The minimum Gasteiger partial charge on any atom is -0.359 e. The molecule has 5 heteroatoms. The van der Waals surface area contributed by atoms with Gasteiger partial charge in [-0.2, -0.15) is 0 Å². The molecule has 4 nitrogen and oxygen atoms in total. The molecule has 1 aliphatic heterocycles. The van der Waals surface area contributed by atoms with Gasteiger partial charge in [-0.15, -0.1) is 0 Å². The highest BCUT2D eigenvalue weighted by molar-refractivity contribution is 8.05. The third-order valence-electron chi connectivity index (χ3n) is 0.995. The van der Waals surface area contributed by atoms with Crippen LogP contribution >= 0.6 is 0 Å². The zero-order valence-corrected chi connectivity index (χ0v) is 5.90. The lowest BCUT2D eigenvalue weighted by molar-refractivity contribution is 0.611. The van der Waals surface area contributed by atoms with Crippen LogP contribution in [0.3, 0.4) is 0 Å². The summed E-state index contributed by atoms with van der Waals surface area (Å²) >= 11 is 0. The smallest absolute Gasteiger partial charge is 0.216 e. The summed E-state index contributed by atoms with van der Waals surface area (Å²) in [6, 6.07) is 0. The third kappa shape index (κ3) is 1.41. The SMILES string of the molecule is CS(=O)(=O)C1=NCCN1. The molecule has 0 bridgehead atoms. The fourth-order valence-corrected chi connectivity index (χ4v) is 1.31. The van der Waals surface area contributed by atoms with E-state index >= 15 is 0 Å². The van der Waals surface area contributed by atoms with Gasteiger partial charge in [-0.05, 0) is 0 Å². The lowest BCUT2D eigenvalue weighted by atomic mass is 10.7. The molecule has 1 heterocycles. The second-order valence-corrected chi connectivity index (χ2v) is 3.82. The van der Waals surface area contributed by atoms with Gasteiger partial charge in [0, 0.05) is 12.8 Å². The highest BCUT2D eigenvalue weighted by Gasteiger charge is 2.15. The Labute approximate surface area is 53.9 Å². The van der Waals surface area contributed by atoms with Crippen LogP contribution in [0.2, 0.25) is 0 Å². The summed E-state index contributed by atoms with van der Waals surface area (Å²) in [5, 5.41) is 2.79. The molecule has 1 rings (SSSR count). The first-order valence-corrected chi connectivity index (χ1v) is 4.48. The van der Waals surface area contributed by atoms with Crippen molar-refractivity contribution in [3.8, 4) is 0 Å². The van der Waals surface area contributed by atoms with E-state index in [4.69, 9.17) is 0 Å². The molecule has 0 aromatic heterocycles. The molecular weight excluding hydrogens is 140 g/mol. The largest absolute Gasteiger partial charge is 0.359 e. The number of aliphatic imine (C=N–C) groups is 1. The minimum atomic E-state index is -3.06. The first-order chi connectivity index (χ1) is 4.11. The Balaban J connectivity index is 2.87. The summed E-state index contributed by atoms with van der Waals surface area (Å²) in [5.74, 6) is 0. The Morgan fingerprint density at radius 3 is 2.56 bits per heavy atom. The van der Waals surface area contributed by atoms with Crippen LogP contribution in [-0.2, 0) is 9.84 Å². The average molecular weight is 148 g/mol. The third-order valence-corrected chi connectivity index (χ3v) is 1.97. The van der Waals surface area contributed by atoms with E-state index in [1.165, 1.54) is 0 Å². The molecule has 0 saturated heterocycles. The average Bonchev–Trinajstić information content (AvgIpc) is 2.08. The maximum atomic E-state index is 10.6. The molecule has 0 saturated carbocycles. The Hall–Kier alpha value is -0.580. The van der Waals surface area contributed by atoms with Crippen LogP contribution in [0.5, 0.6) is 0 Å². The van der Waals surface area contributed by atoms with Crippen LogP contribution in [0.4, 0.5) is 0 Å². The minimum absolute atomic E-state index is 0.127. The predicted octanol–water partition coefficient (Wildman–Crippen LogP) is -1.01. The van der Waals surface area contributed by atoms with Gasteiger partial charge in [0.05, 0.1) is 6.54 Å². The van der Waals surface area contributed by atoms with Crippen molar-refractivity contribution in [2.45, 2.75) is 0 Å². The Bertz CT molecular complexity index is 229. The summed E-state index contributed by atoms with van der Waals surface area (Å²) in [6.07, 6.45) is 1.14. The number of rotatable bonds is 0. The fraction of sp³-hybridized carbons (Fsp3) is 0.750. The summed E-state index contributed by atoms with van der Waals surface area (Å²) in [5.41, 5.74) is 0. The molecule has 0 unspecified atom stereocenters. The van der Waals surface area contributed by atoms with Gasteiger partial charge in [0.15, 0.2) is 0 Å². The van der Waals surface area contributed by atoms with Crippen molar-refractivity contribution >= 4 is 15.0 Å². The van der Waals surface area contributed by atoms with E-state index in [2.05, 4.69) is 10.3 Å². The second kappa shape index (κ2) is 1.98.